The molecule has 2 N–H and O–H groups in total. The minimum atomic E-state index is -0.512. The van der Waals surface area contributed by atoms with Gasteiger partial charge in [0.2, 0.25) is 5.91 Å². The number of piperazine rings is 1. The van der Waals surface area contributed by atoms with Gasteiger partial charge in [-0.05, 0) is 49.7 Å². The number of aromatic nitrogens is 1. The van der Waals surface area contributed by atoms with Crippen LogP contribution >= 0.6 is 0 Å². The average molecular weight is 451 g/mol. The van der Waals surface area contributed by atoms with E-state index in [1.54, 1.807) is 7.11 Å². The highest BCUT2D eigenvalue weighted by Gasteiger charge is 2.27. The summed E-state index contributed by atoms with van der Waals surface area (Å²) in [6, 6.07) is 14.0. The average Bonchev–Trinajstić information content (AvgIpc) is 3.19. The molecule has 0 bridgehead atoms. The van der Waals surface area contributed by atoms with E-state index >= 15 is 0 Å². The largest absolute Gasteiger partial charge is 0.497 e. The third-order valence-corrected chi connectivity index (χ3v) is 6.24. The number of carbonyl (C=O) groups is 2. The number of hydrogen-bond acceptors (Lipinski definition) is 6. The molecule has 1 aliphatic heterocycles. The van der Waals surface area contributed by atoms with E-state index in [1.165, 1.54) is 7.11 Å². The molecule has 33 heavy (non-hydrogen) atoms. The van der Waals surface area contributed by atoms with Crippen LogP contribution < -0.4 is 15.0 Å². The Morgan fingerprint density at radius 1 is 1.12 bits per heavy atom. The van der Waals surface area contributed by atoms with E-state index in [1.807, 2.05) is 37.3 Å². The number of methoxy groups -OCH3 is 2. The van der Waals surface area contributed by atoms with E-state index in [4.69, 9.17) is 9.47 Å². The Kier molecular flexibility index (Phi) is 6.55. The van der Waals surface area contributed by atoms with Gasteiger partial charge in [-0.1, -0.05) is 12.1 Å². The van der Waals surface area contributed by atoms with Crippen LogP contribution in [0.2, 0.25) is 0 Å². The Morgan fingerprint density at radius 2 is 1.88 bits per heavy atom. The molecule has 8 nitrogen and oxygen atoms in total. The Balaban J connectivity index is 1.45. The van der Waals surface area contributed by atoms with E-state index in [0.717, 1.165) is 47.5 Å². The van der Waals surface area contributed by atoms with E-state index in [9.17, 15) is 9.59 Å². The number of aromatic amines is 1. The number of ether oxygens (including phenoxy) is 2. The van der Waals surface area contributed by atoms with Gasteiger partial charge in [-0.2, -0.15) is 0 Å². The van der Waals surface area contributed by atoms with Crippen LogP contribution in [0.25, 0.3) is 10.9 Å². The van der Waals surface area contributed by atoms with Gasteiger partial charge in [0.05, 0.1) is 26.5 Å². The first kappa shape index (κ1) is 22.7. The fourth-order valence-corrected chi connectivity index (χ4v) is 4.43. The molecule has 8 heteroatoms. The van der Waals surface area contributed by atoms with Crippen LogP contribution in [-0.4, -0.2) is 68.2 Å². The van der Waals surface area contributed by atoms with Crippen molar-refractivity contribution in [3.63, 3.8) is 0 Å². The Labute approximate surface area is 193 Å². The number of rotatable bonds is 6. The van der Waals surface area contributed by atoms with Gasteiger partial charge in [0.1, 0.15) is 11.4 Å². The molecule has 2 aromatic carbocycles. The lowest BCUT2D eigenvalue weighted by Gasteiger charge is -2.40. The quantitative estimate of drug-likeness (QED) is 0.560. The molecule has 1 aromatic heterocycles. The summed E-state index contributed by atoms with van der Waals surface area (Å²) >= 11 is 0. The molecule has 1 fully saturated rings. The molecule has 1 saturated heterocycles. The SMILES string of the molecule is COC(=O)c1[nH]c2cccc(C)c2c1NC(=O)CN1CCN(c2ccc(OC)cc2)CC1C. The summed E-state index contributed by atoms with van der Waals surface area (Å²) in [5.41, 5.74) is 3.63. The summed E-state index contributed by atoms with van der Waals surface area (Å²) in [6.45, 7) is 6.73. The second-order valence-electron chi connectivity index (χ2n) is 8.38. The number of benzene rings is 2. The molecule has 1 aliphatic rings. The third-order valence-electron chi connectivity index (χ3n) is 6.24. The van der Waals surface area contributed by atoms with Crippen molar-refractivity contribution >= 4 is 34.2 Å². The second kappa shape index (κ2) is 9.54. The molecule has 1 unspecified atom stereocenters. The first-order chi connectivity index (χ1) is 15.9. The number of anilines is 2. The van der Waals surface area contributed by atoms with Crippen LogP contribution in [0.5, 0.6) is 5.75 Å². The predicted molar refractivity (Wildman–Crippen MR) is 129 cm³/mol. The highest BCUT2D eigenvalue weighted by Crippen LogP contribution is 2.31. The topological polar surface area (TPSA) is 86.9 Å². The van der Waals surface area contributed by atoms with Crippen LogP contribution in [0.3, 0.4) is 0 Å². The maximum absolute atomic E-state index is 13.0. The molecule has 174 valence electrons. The molecule has 3 aromatic rings. The lowest BCUT2D eigenvalue weighted by molar-refractivity contribution is -0.117. The summed E-state index contributed by atoms with van der Waals surface area (Å²) in [7, 11) is 2.99. The van der Waals surface area contributed by atoms with Gasteiger partial charge in [0.15, 0.2) is 0 Å². The van der Waals surface area contributed by atoms with Crippen molar-refractivity contribution in [3.05, 3.63) is 53.7 Å². The van der Waals surface area contributed by atoms with Crippen LogP contribution in [0.1, 0.15) is 23.0 Å². The first-order valence-corrected chi connectivity index (χ1v) is 11.0. The van der Waals surface area contributed by atoms with Crippen molar-refractivity contribution in [1.82, 2.24) is 9.88 Å². The van der Waals surface area contributed by atoms with Gasteiger partial charge in [-0.3, -0.25) is 9.69 Å². The van der Waals surface area contributed by atoms with Gasteiger partial charge in [-0.15, -0.1) is 0 Å². The van der Waals surface area contributed by atoms with Crippen LogP contribution in [0.15, 0.2) is 42.5 Å². The minimum absolute atomic E-state index is 0.158. The van der Waals surface area contributed by atoms with Gasteiger partial charge in [0, 0.05) is 42.3 Å². The van der Waals surface area contributed by atoms with Gasteiger partial charge in [0.25, 0.3) is 0 Å². The van der Waals surface area contributed by atoms with E-state index < -0.39 is 5.97 Å². The molecular weight excluding hydrogens is 420 g/mol. The zero-order valence-electron chi connectivity index (χ0n) is 19.5. The zero-order chi connectivity index (χ0) is 23.5. The van der Waals surface area contributed by atoms with Crippen molar-refractivity contribution in [2.45, 2.75) is 19.9 Å². The molecule has 0 aliphatic carbocycles. The number of nitrogens with zero attached hydrogens (tertiary/aromatic N) is 2. The van der Waals surface area contributed by atoms with E-state index in [0.29, 0.717) is 5.69 Å². The van der Waals surface area contributed by atoms with Crippen LogP contribution in [0, 0.1) is 6.92 Å². The summed E-state index contributed by atoms with van der Waals surface area (Å²) < 4.78 is 10.2. The number of nitrogens with one attached hydrogen (secondary N) is 2. The maximum atomic E-state index is 13.0. The maximum Gasteiger partial charge on any atom is 0.356 e. The number of H-pyrrole nitrogens is 1. The zero-order valence-corrected chi connectivity index (χ0v) is 19.5. The van der Waals surface area contributed by atoms with E-state index in [2.05, 4.69) is 39.2 Å². The Hall–Kier alpha value is -3.52. The number of esters is 1. The standard InChI is InChI=1S/C25H30N4O4/c1-16-6-5-7-20-22(16)23(24(26-20)25(31)33-4)27-21(30)15-28-12-13-29(14-17(28)2)18-8-10-19(32-3)11-9-18/h5-11,17,26H,12-15H2,1-4H3,(H,27,30). The van der Waals surface area contributed by atoms with Crippen molar-refractivity contribution in [2.75, 3.05) is 50.6 Å². The molecular formula is C25H30N4O4. The van der Waals surface area contributed by atoms with Crippen molar-refractivity contribution in [3.8, 4) is 5.75 Å². The number of aryl methyl sites for hydroxylation is 1. The van der Waals surface area contributed by atoms with Gasteiger partial charge >= 0.3 is 5.97 Å². The smallest absolute Gasteiger partial charge is 0.356 e. The summed E-state index contributed by atoms with van der Waals surface area (Å²) in [5.74, 6) is 0.164. The molecule has 1 atom stereocenters. The van der Waals surface area contributed by atoms with Gasteiger partial charge in [-0.25, -0.2) is 4.79 Å². The summed E-state index contributed by atoms with van der Waals surface area (Å²) in [5, 5.41) is 3.80. The normalized spacial score (nSPS) is 16.6. The summed E-state index contributed by atoms with van der Waals surface area (Å²) in [6.07, 6.45) is 0. The van der Waals surface area contributed by atoms with Crippen LogP contribution in [-0.2, 0) is 9.53 Å². The van der Waals surface area contributed by atoms with Gasteiger partial charge < -0.3 is 24.7 Å². The van der Waals surface area contributed by atoms with Crippen molar-refractivity contribution in [2.24, 2.45) is 0 Å². The molecule has 0 saturated carbocycles. The molecule has 4 rings (SSSR count). The van der Waals surface area contributed by atoms with E-state index in [-0.39, 0.29) is 24.2 Å². The number of hydrogen-bond donors (Lipinski definition) is 2. The number of fused-ring (bicyclic) bond motifs is 1. The lowest BCUT2D eigenvalue weighted by atomic mass is 10.1. The minimum Gasteiger partial charge on any atom is -0.497 e. The first-order valence-electron chi connectivity index (χ1n) is 11.0. The molecule has 0 radical (unpaired) electrons. The highest BCUT2D eigenvalue weighted by molar-refractivity contribution is 6.12. The second-order valence-corrected chi connectivity index (χ2v) is 8.38. The molecule has 0 spiro atoms. The lowest BCUT2D eigenvalue weighted by Crippen LogP contribution is -2.53. The predicted octanol–water partition coefficient (Wildman–Crippen LogP) is 3.42. The van der Waals surface area contributed by atoms with Crippen molar-refractivity contribution < 1.29 is 19.1 Å². The summed E-state index contributed by atoms with van der Waals surface area (Å²) in [4.78, 5) is 32.9. The highest BCUT2D eigenvalue weighted by atomic mass is 16.5. The fraction of sp³-hybridized carbons (Fsp3) is 0.360. The number of amides is 1. The Morgan fingerprint density at radius 3 is 2.55 bits per heavy atom. The van der Waals surface area contributed by atoms with Crippen LogP contribution in [0.4, 0.5) is 11.4 Å². The third kappa shape index (κ3) is 4.66. The number of carbonyl (C=O) groups excluding carboxylic acids is 2. The Bertz CT molecular complexity index is 1160. The van der Waals surface area contributed by atoms with Crippen molar-refractivity contribution in [1.29, 1.82) is 0 Å². The molecule has 1 amide bonds. The monoisotopic (exact) mass is 450 g/mol. The fourth-order valence-electron chi connectivity index (χ4n) is 4.43. The molecule has 2 heterocycles.